The quantitative estimate of drug-likeness (QED) is 0.155. The summed E-state index contributed by atoms with van der Waals surface area (Å²) in [5.74, 6) is -0.185. The monoisotopic (exact) mass is 580 g/mol. The smallest absolute Gasteiger partial charge is 0.165 e. The summed E-state index contributed by atoms with van der Waals surface area (Å²) in [6.45, 7) is 20.3. The molecule has 0 radical (unpaired) electrons. The van der Waals surface area contributed by atoms with Crippen LogP contribution in [0.15, 0.2) is 113 Å². The van der Waals surface area contributed by atoms with Gasteiger partial charge in [-0.3, -0.25) is 4.79 Å². The van der Waals surface area contributed by atoms with Crippen molar-refractivity contribution in [1.82, 2.24) is 0 Å². The molecule has 0 amide bonds. The lowest BCUT2D eigenvalue weighted by atomic mass is 9.66. The number of rotatable bonds is 11. The van der Waals surface area contributed by atoms with Crippen LogP contribution in [0, 0.1) is 31.6 Å². The fourth-order valence-corrected chi connectivity index (χ4v) is 5.27. The number of hydrogen-bond donors (Lipinski definition) is 2. The van der Waals surface area contributed by atoms with Crippen LogP contribution in [0.25, 0.3) is 6.08 Å². The van der Waals surface area contributed by atoms with Gasteiger partial charge in [0.2, 0.25) is 0 Å². The lowest BCUT2D eigenvalue weighted by Crippen LogP contribution is -2.36. The summed E-state index contributed by atoms with van der Waals surface area (Å²) in [5.41, 5.74) is 8.21. The van der Waals surface area contributed by atoms with Crippen LogP contribution in [0.1, 0.15) is 83.6 Å². The highest BCUT2D eigenvalue weighted by molar-refractivity contribution is 5.96. The third-order valence-electron chi connectivity index (χ3n) is 8.87. The van der Waals surface area contributed by atoms with E-state index in [1.807, 2.05) is 58.1 Å². The van der Waals surface area contributed by atoms with E-state index in [9.17, 15) is 15.0 Å². The van der Waals surface area contributed by atoms with E-state index in [0.717, 1.165) is 11.1 Å². The summed E-state index contributed by atoms with van der Waals surface area (Å²) in [6.07, 6.45) is 26.2. The molecule has 1 fully saturated rings. The fourth-order valence-electron chi connectivity index (χ4n) is 5.27. The molecule has 0 bridgehead atoms. The predicted molar refractivity (Wildman–Crippen MR) is 185 cm³/mol. The molecule has 1 saturated carbocycles. The van der Waals surface area contributed by atoms with Crippen LogP contribution >= 0.6 is 0 Å². The van der Waals surface area contributed by atoms with E-state index < -0.39 is 11.5 Å². The highest BCUT2D eigenvalue weighted by Gasteiger charge is 2.53. The molecule has 2 rings (SSSR count). The molecule has 2 N–H and O–H groups in total. The van der Waals surface area contributed by atoms with E-state index in [1.54, 1.807) is 13.0 Å². The molecule has 43 heavy (non-hydrogen) atoms. The van der Waals surface area contributed by atoms with Crippen molar-refractivity contribution in [3.8, 4) is 0 Å². The van der Waals surface area contributed by atoms with Crippen LogP contribution in [0.5, 0.6) is 0 Å². The summed E-state index contributed by atoms with van der Waals surface area (Å²) in [6, 6.07) is 4.35. The van der Waals surface area contributed by atoms with E-state index in [4.69, 9.17) is 0 Å². The Bertz CT molecular complexity index is 1450. The second-order valence-electron chi connectivity index (χ2n) is 12.9. The number of carbonyl (C=O) groups is 1. The van der Waals surface area contributed by atoms with Gasteiger partial charge in [-0.25, -0.2) is 0 Å². The maximum absolute atomic E-state index is 13.0. The molecule has 3 nitrogen and oxygen atoms in total. The number of carbonyl (C=O) groups excluding carboxylic acids is 1. The third-order valence-corrected chi connectivity index (χ3v) is 8.87. The first kappa shape index (κ1) is 35.5. The molecular weight excluding hydrogens is 528 g/mol. The largest absolute Gasteiger partial charge is 0.508 e. The summed E-state index contributed by atoms with van der Waals surface area (Å²) in [4.78, 5) is 13.0. The van der Waals surface area contributed by atoms with Crippen molar-refractivity contribution in [2.45, 2.75) is 88.2 Å². The zero-order chi connectivity index (χ0) is 32.4. The topological polar surface area (TPSA) is 57.5 Å². The standard InChI is InChI=1S/C40H52O3/c1-28(17-13-18-30(3)21-24-36-32(5)23-22-31(4)34(36)7)15-11-12-16-29(2)19-14-20-33(6)37(42)25-38(43)40(10)27-35(41)26-39(40,8)9/h11-25,35,41-42H,26-27H2,1-10H3/b12-11+,17-13+,19-14+,24-21+,28-15+,29-16+,30-18+,33-20+,37-25-/t35-,40-/m0/s1. The van der Waals surface area contributed by atoms with Gasteiger partial charge in [0.1, 0.15) is 5.76 Å². The Morgan fingerprint density at radius 1 is 0.767 bits per heavy atom. The first-order valence-corrected chi connectivity index (χ1v) is 15.2. The summed E-state index contributed by atoms with van der Waals surface area (Å²) in [7, 11) is 0. The van der Waals surface area contributed by atoms with E-state index in [1.165, 1.54) is 33.9 Å². The highest BCUT2D eigenvalue weighted by atomic mass is 16.3. The molecule has 0 spiro atoms. The number of ketones is 1. The molecule has 0 saturated heterocycles. The molecule has 0 aromatic heterocycles. The molecule has 1 aliphatic carbocycles. The molecular formula is C40H52O3. The Kier molecular flexibility index (Phi) is 13.0. The second-order valence-corrected chi connectivity index (χ2v) is 12.9. The van der Waals surface area contributed by atoms with Crippen LogP contribution in [-0.2, 0) is 4.79 Å². The molecule has 230 valence electrons. The van der Waals surface area contributed by atoms with Crippen LogP contribution in [0.4, 0.5) is 0 Å². The number of aryl methyl sites for hydroxylation is 2. The molecule has 0 unspecified atom stereocenters. The Hall–Kier alpha value is -3.69. The predicted octanol–water partition coefficient (Wildman–Crippen LogP) is 10.3. The highest BCUT2D eigenvalue weighted by Crippen LogP contribution is 2.53. The van der Waals surface area contributed by atoms with Gasteiger partial charge in [-0.2, -0.15) is 0 Å². The van der Waals surface area contributed by atoms with Gasteiger partial charge in [0.25, 0.3) is 0 Å². The lowest BCUT2D eigenvalue weighted by molar-refractivity contribution is -0.127. The number of hydrogen-bond acceptors (Lipinski definition) is 3. The Balaban J connectivity index is 1.94. The van der Waals surface area contributed by atoms with Crippen molar-refractivity contribution in [2.75, 3.05) is 0 Å². The van der Waals surface area contributed by atoms with Gasteiger partial charge < -0.3 is 10.2 Å². The van der Waals surface area contributed by atoms with Crippen molar-refractivity contribution in [2.24, 2.45) is 10.8 Å². The van der Waals surface area contributed by atoms with Gasteiger partial charge in [-0.15, -0.1) is 0 Å². The molecule has 2 atom stereocenters. The maximum atomic E-state index is 13.0. The zero-order valence-electron chi connectivity index (χ0n) is 28.0. The van der Waals surface area contributed by atoms with Gasteiger partial charge >= 0.3 is 0 Å². The first-order valence-electron chi connectivity index (χ1n) is 15.2. The van der Waals surface area contributed by atoms with E-state index >= 15 is 0 Å². The average molecular weight is 581 g/mol. The minimum atomic E-state index is -0.696. The van der Waals surface area contributed by atoms with Gasteiger partial charge in [0.15, 0.2) is 5.78 Å². The van der Waals surface area contributed by atoms with Crippen molar-refractivity contribution in [3.05, 3.63) is 135 Å². The Morgan fingerprint density at radius 2 is 1.28 bits per heavy atom. The van der Waals surface area contributed by atoms with Gasteiger partial charge in [-0.05, 0) is 94.5 Å². The normalized spacial score (nSPS) is 22.7. The minimum Gasteiger partial charge on any atom is -0.508 e. The second kappa shape index (κ2) is 15.7. The van der Waals surface area contributed by atoms with Crippen molar-refractivity contribution >= 4 is 11.9 Å². The summed E-state index contributed by atoms with van der Waals surface area (Å²) < 4.78 is 0. The molecule has 0 heterocycles. The molecule has 3 heteroatoms. The lowest BCUT2D eigenvalue weighted by Gasteiger charge is -2.35. The van der Waals surface area contributed by atoms with Crippen LogP contribution in [-0.4, -0.2) is 22.1 Å². The van der Waals surface area contributed by atoms with Crippen LogP contribution in [0.3, 0.4) is 0 Å². The van der Waals surface area contributed by atoms with E-state index in [-0.39, 0.29) is 17.0 Å². The Labute approximate surface area is 260 Å². The molecule has 1 aromatic carbocycles. The first-order chi connectivity index (χ1) is 20.1. The van der Waals surface area contributed by atoms with E-state index in [0.29, 0.717) is 18.4 Å². The SMILES string of the molecule is CC(/C=C/C=C(C)/C=C/c1c(C)ccc(C)c1C)=C\C=C\C=C(C)\C=C\C=C(C)\C(O)=C\C(=O)[C@]1(C)C[C@@H](O)CC1(C)C. The Morgan fingerprint density at radius 3 is 1.84 bits per heavy atom. The number of aliphatic hydroxyl groups excluding tert-OH is 2. The van der Waals surface area contributed by atoms with Gasteiger partial charge in [0, 0.05) is 11.5 Å². The van der Waals surface area contributed by atoms with Crippen molar-refractivity contribution in [1.29, 1.82) is 0 Å². The van der Waals surface area contributed by atoms with Gasteiger partial charge in [-0.1, -0.05) is 123 Å². The molecule has 0 aliphatic heterocycles. The maximum Gasteiger partial charge on any atom is 0.165 e. The average Bonchev–Trinajstić information content (AvgIpc) is 3.14. The fraction of sp³-hybridized carbons (Fsp3) is 0.375. The van der Waals surface area contributed by atoms with Crippen molar-refractivity contribution in [3.63, 3.8) is 0 Å². The summed E-state index contributed by atoms with van der Waals surface area (Å²) >= 11 is 0. The minimum absolute atomic E-state index is 0.0409. The summed E-state index contributed by atoms with van der Waals surface area (Å²) in [5, 5.41) is 20.6. The number of aliphatic hydroxyl groups is 2. The molecule has 1 aliphatic rings. The van der Waals surface area contributed by atoms with Crippen LogP contribution in [0.2, 0.25) is 0 Å². The van der Waals surface area contributed by atoms with E-state index in [2.05, 4.69) is 83.2 Å². The molecule has 1 aromatic rings. The number of benzene rings is 1. The third kappa shape index (κ3) is 10.2. The zero-order valence-corrected chi connectivity index (χ0v) is 28.0. The van der Waals surface area contributed by atoms with Gasteiger partial charge in [0.05, 0.1) is 6.10 Å². The van der Waals surface area contributed by atoms with Crippen molar-refractivity contribution < 1.29 is 15.0 Å². The number of allylic oxidation sites excluding steroid dienone is 16. The van der Waals surface area contributed by atoms with Crippen LogP contribution < -0.4 is 0 Å².